The van der Waals surface area contributed by atoms with Crippen molar-refractivity contribution in [3.8, 4) is 0 Å². The maximum absolute atomic E-state index is 5.48. The molecule has 1 atom stereocenters. The standard InChI is InChI=1S/C12H21NO/c1-11-3-5-12(6-4-11)13-7-2-9-14-10-8-13/h3,12H,2,4-10H2,1H3. The van der Waals surface area contributed by atoms with Gasteiger partial charge in [-0.25, -0.2) is 0 Å². The van der Waals surface area contributed by atoms with Gasteiger partial charge in [-0.05, 0) is 32.6 Å². The zero-order chi connectivity index (χ0) is 9.80. The third-order valence-corrected chi connectivity index (χ3v) is 3.38. The van der Waals surface area contributed by atoms with Gasteiger partial charge in [-0.15, -0.1) is 0 Å². The largest absolute Gasteiger partial charge is 0.380 e. The average molecular weight is 195 g/mol. The molecule has 1 aliphatic carbocycles. The van der Waals surface area contributed by atoms with Gasteiger partial charge in [0.15, 0.2) is 0 Å². The van der Waals surface area contributed by atoms with Crippen molar-refractivity contribution in [2.75, 3.05) is 26.3 Å². The summed E-state index contributed by atoms with van der Waals surface area (Å²) in [6.07, 6.45) is 7.52. The number of hydrogen-bond acceptors (Lipinski definition) is 2. The molecule has 2 aliphatic rings. The number of hydrogen-bond donors (Lipinski definition) is 0. The fraction of sp³-hybridized carbons (Fsp3) is 0.833. The molecule has 0 saturated carbocycles. The van der Waals surface area contributed by atoms with Crippen molar-refractivity contribution in [2.24, 2.45) is 0 Å². The van der Waals surface area contributed by atoms with E-state index in [0.717, 1.165) is 25.8 Å². The van der Waals surface area contributed by atoms with E-state index >= 15 is 0 Å². The van der Waals surface area contributed by atoms with Crippen LogP contribution >= 0.6 is 0 Å². The van der Waals surface area contributed by atoms with Crippen LogP contribution in [0, 0.1) is 0 Å². The van der Waals surface area contributed by atoms with Crippen molar-refractivity contribution in [1.82, 2.24) is 4.90 Å². The Hall–Kier alpha value is -0.340. The van der Waals surface area contributed by atoms with Gasteiger partial charge in [0.1, 0.15) is 0 Å². The molecule has 1 fully saturated rings. The van der Waals surface area contributed by atoms with Crippen LogP contribution in [0.5, 0.6) is 0 Å². The monoisotopic (exact) mass is 195 g/mol. The summed E-state index contributed by atoms with van der Waals surface area (Å²) in [7, 11) is 0. The van der Waals surface area contributed by atoms with E-state index in [1.54, 1.807) is 5.57 Å². The van der Waals surface area contributed by atoms with Crippen molar-refractivity contribution >= 4 is 0 Å². The van der Waals surface area contributed by atoms with Crippen LogP contribution in [0.3, 0.4) is 0 Å². The molecule has 0 radical (unpaired) electrons. The lowest BCUT2D eigenvalue weighted by atomic mass is 9.95. The van der Waals surface area contributed by atoms with Gasteiger partial charge in [0.2, 0.25) is 0 Å². The fourth-order valence-corrected chi connectivity index (χ4v) is 2.41. The minimum absolute atomic E-state index is 0.792. The Morgan fingerprint density at radius 2 is 2.29 bits per heavy atom. The second kappa shape index (κ2) is 4.94. The van der Waals surface area contributed by atoms with Crippen molar-refractivity contribution in [3.63, 3.8) is 0 Å². The lowest BCUT2D eigenvalue weighted by Gasteiger charge is -2.32. The summed E-state index contributed by atoms with van der Waals surface area (Å²) in [5.74, 6) is 0. The molecular formula is C12H21NO. The predicted molar refractivity (Wildman–Crippen MR) is 58.4 cm³/mol. The Bertz CT molecular complexity index is 204. The zero-order valence-electron chi connectivity index (χ0n) is 9.17. The van der Waals surface area contributed by atoms with Gasteiger partial charge in [-0.2, -0.15) is 0 Å². The number of rotatable bonds is 1. The van der Waals surface area contributed by atoms with Crippen LogP contribution in [-0.4, -0.2) is 37.2 Å². The SMILES string of the molecule is CC1=CCC(N2CCCOCC2)CC1. The van der Waals surface area contributed by atoms with Crippen molar-refractivity contribution in [2.45, 2.75) is 38.6 Å². The first kappa shape index (κ1) is 10.2. The summed E-state index contributed by atoms with van der Waals surface area (Å²) in [5.41, 5.74) is 1.58. The number of allylic oxidation sites excluding steroid dienone is 1. The molecule has 1 heterocycles. The average Bonchev–Trinajstić information content (AvgIpc) is 2.47. The zero-order valence-corrected chi connectivity index (χ0v) is 9.17. The third-order valence-electron chi connectivity index (χ3n) is 3.38. The molecule has 0 aromatic heterocycles. The Kier molecular flexibility index (Phi) is 3.60. The highest BCUT2D eigenvalue weighted by Crippen LogP contribution is 2.22. The Morgan fingerprint density at radius 3 is 3.07 bits per heavy atom. The van der Waals surface area contributed by atoms with Crippen molar-refractivity contribution < 1.29 is 4.74 Å². The quantitative estimate of drug-likeness (QED) is 0.595. The summed E-state index contributed by atoms with van der Waals surface area (Å²) in [4.78, 5) is 2.62. The molecule has 2 heteroatoms. The first-order valence-corrected chi connectivity index (χ1v) is 5.83. The van der Waals surface area contributed by atoms with Crippen LogP contribution in [-0.2, 0) is 4.74 Å². The summed E-state index contributed by atoms with van der Waals surface area (Å²) in [6.45, 7) is 6.51. The lowest BCUT2D eigenvalue weighted by Crippen LogP contribution is -2.37. The van der Waals surface area contributed by atoms with Crippen LogP contribution in [0.2, 0.25) is 0 Å². The summed E-state index contributed by atoms with van der Waals surface area (Å²) in [5, 5.41) is 0. The Labute approximate surface area is 86.9 Å². The highest BCUT2D eigenvalue weighted by Gasteiger charge is 2.20. The van der Waals surface area contributed by atoms with Crippen LogP contribution in [0.4, 0.5) is 0 Å². The molecule has 0 spiro atoms. The van der Waals surface area contributed by atoms with Gasteiger partial charge in [0.25, 0.3) is 0 Å². The molecule has 0 amide bonds. The highest BCUT2D eigenvalue weighted by molar-refractivity contribution is 5.04. The van der Waals surface area contributed by atoms with E-state index in [1.165, 1.54) is 32.2 Å². The van der Waals surface area contributed by atoms with Gasteiger partial charge >= 0.3 is 0 Å². The molecule has 80 valence electrons. The van der Waals surface area contributed by atoms with Gasteiger partial charge in [-0.1, -0.05) is 11.6 Å². The topological polar surface area (TPSA) is 12.5 Å². The predicted octanol–water partition coefficient (Wildman–Crippen LogP) is 2.21. The third kappa shape index (κ3) is 2.58. The maximum atomic E-state index is 5.48. The molecule has 2 rings (SSSR count). The number of ether oxygens (including phenoxy) is 1. The minimum atomic E-state index is 0.792. The van der Waals surface area contributed by atoms with E-state index in [1.807, 2.05) is 0 Å². The summed E-state index contributed by atoms with van der Waals surface area (Å²) in [6, 6.07) is 0.792. The number of nitrogens with zero attached hydrogens (tertiary/aromatic N) is 1. The van der Waals surface area contributed by atoms with Crippen molar-refractivity contribution in [1.29, 1.82) is 0 Å². The molecule has 14 heavy (non-hydrogen) atoms. The van der Waals surface area contributed by atoms with Crippen LogP contribution in [0.15, 0.2) is 11.6 Å². The Morgan fingerprint density at radius 1 is 1.36 bits per heavy atom. The van der Waals surface area contributed by atoms with E-state index in [0.29, 0.717) is 0 Å². The molecule has 0 N–H and O–H groups in total. The first-order chi connectivity index (χ1) is 6.86. The molecule has 0 aromatic rings. The van der Waals surface area contributed by atoms with Gasteiger partial charge in [-0.3, -0.25) is 4.90 Å². The van der Waals surface area contributed by atoms with E-state index in [2.05, 4.69) is 17.9 Å². The molecular weight excluding hydrogens is 174 g/mol. The fourth-order valence-electron chi connectivity index (χ4n) is 2.41. The molecule has 1 aliphatic heterocycles. The molecule has 2 nitrogen and oxygen atoms in total. The lowest BCUT2D eigenvalue weighted by molar-refractivity contribution is 0.129. The highest BCUT2D eigenvalue weighted by atomic mass is 16.5. The van der Waals surface area contributed by atoms with Crippen molar-refractivity contribution in [3.05, 3.63) is 11.6 Å². The van der Waals surface area contributed by atoms with E-state index in [4.69, 9.17) is 4.74 Å². The van der Waals surface area contributed by atoms with Gasteiger partial charge < -0.3 is 4.74 Å². The molecule has 1 unspecified atom stereocenters. The minimum Gasteiger partial charge on any atom is -0.380 e. The van der Waals surface area contributed by atoms with Gasteiger partial charge in [0.05, 0.1) is 6.61 Å². The van der Waals surface area contributed by atoms with E-state index in [-0.39, 0.29) is 0 Å². The van der Waals surface area contributed by atoms with E-state index in [9.17, 15) is 0 Å². The second-order valence-electron chi connectivity index (χ2n) is 4.48. The Balaban J connectivity index is 1.87. The van der Waals surface area contributed by atoms with Crippen LogP contribution in [0.1, 0.15) is 32.6 Å². The smallest absolute Gasteiger partial charge is 0.0593 e. The summed E-state index contributed by atoms with van der Waals surface area (Å²) < 4.78 is 5.48. The molecule has 0 aromatic carbocycles. The molecule has 0 bridgehead atoms. The van der Waals surface area contributed by atoms with E-state index < -0.39 is 0 Å². The van der Waals surface area contributed by atoms with Crippen LogP contribution < -0.4 is 0 Å². The molecule has 1 saturated heterocycles. The summed E-state index contributed by atoms with van der Waals surface area (Å²) >= 11 is 0. The normalized spacial score (nSPS) is 30.9. The maximum Gasteiger partial charge on any atom is 0.0593 e. The first-order valence-electron chi connectivity index (χ1n) is 5.83. The van der Waals surface area contributed by atoms with Gasteiger partial charge in [0, 0.05) is 25.7 Å². The van der Waals surface area contributed by atoms with Crippen LogP contribution in [0.25, 0.3) is 0 Å². The second-order valence-corrected chi connectivity index (χ2v) is 4.48.